The van der Waals surface area contributed by atoms with E-state index in [2.05, 4.69) is 43.4 Å². The number of ketones is 1. The maximum Gasteiger partial charge on any atom is 0.225 e. The Morgan fingerprint density at radius 3 is 2.27 bits per heavy atom. The molecule has 0 fully saturated rings. The normalized spacial score (nSPS) is 21.3. The molecule has 0 spiro atoms. The van der Waals surface area contributed by atoms with Gasteiger partial charge in [-0.05, 0) is 54.0 Å². The summed E-state index contributed by atoms with van der Waals surface area (Å²) in [5, 5.41) is 3.01. The number of allylic oxidation sites excluding steroid dienone is 2. The van der Waals surface area contributed by atoms with Gasteiger partial charge in [0, 0.05) is 30.0 Å². The number of aryl methyl sites for hydroxylation is 1. The van der Waals surface area contributed by atoms with Crippen LogP contribution in [0.1, 0.15) is 68.1 Å². The molecule has 2 atom stereocenters. The van der Waals surface area contributed by atoms with E-state index in [-0.39, 0.29) is 23.5 Å². The third kappa shape index (κ3) is 4.18. The Labute approximate surface area is 178 Å². The number of amides is 1. The Hall–Kier alpha value is -2.88. The van der Waals surface area contributed by atoms with Crippen molar-refractivity contribution in [2.75, 3.05) is 6.61 Å². The highest BCUT2D eigenvalue weighted by atomic mass is 16.5. The molecule has 4 heteroatoms. The number of carbonyl (C=O) groups excluding carboxylic acids is 2. The summed E-state index contributed by atoms with van der Waals surface area (Å²) in [6.45, 7) is 4.89. The lowest BCUT2D eigenvalue weighted by Gasteiger charge is -2.34. The molecule has 0 aromatic heterocycles. The zero-order valence-corrected chi connectivity index (χ0v) is 17.7. The fourth-order valence-corrected chi connectivity index (χ4v) is 4.52. The minimum absolute atomic E-state index is 0.0140. The van der Waals surface area contributed by atoms with Crippen LogP contribution < -0.4 is 10.1 Å². The highest BCUT2D eigenvalue weighted by molar-refractivity contribution is 6.02. The van der Waals surface area contributed by atoms with Gasteiger partial charge in [-0.15, -0.1) is 0 Å². The van der Waals surface area contributed by atoms with Gasteiger partial charge in [0.05, 0.1) is 6.61 Å². The summed E-state index contributed by atoms with van der Waals surface area (Å²) in [6, 6.07) is 16.4. The molecule has 2 aliphatic rings. The first kappa shape index (κ1) is 20.4. The maximum absolute atomic E-state index is 13.2. The fourth-order valence-electron chi connectivity index (χ4n) is 4.52. The number of Topliss-reactive ketones (excluding diaryl/α,β-unsaturated/α-hetero) is 1. The van der Waals surface area contributed by atoms with Crippen molar-refractivity contribution in [2.24, 2.45) is 0 Å². The van der Waals surface area contributed by atoms with Gasteiger partial charge >= 0.3 is 0 Å². The third-order valence-electron chi connectivity index (χ3n) is 6.15. The highest BCUT2D eigenvalue weighted by Gasteiger charge is 2.38. The molecule has 0 saturated heterocycles. The van der Waals surface area contributed by atoms with Gasteiger partial charge in [0.15, 0.2) is 5.78 Å². The molecule has 2 aromatic carbocycles. The van der Waals surface area contributed by atoms with Crippen LogP contribution in [0.5, 0.6) is 5.75 Å². The second kappa shape index (κ2) is 8.86. The summed E-state index contributed by atoms with van der Waals surface area (Å²) in [5.41, 5.74) is 5.06. The summed E-state index contributed by atoms with van der Waals surface area (Å²) in [5.74, 6) is 0.897. The smallest absolute Gasteiger partial charge is 0.225 e. The number of hydrogen-bond acceptors (Lipinski definition) is 3. The molecule has 4 nitrogen and oxygen atoms in total. The minimum atomic E-state index is -0.176. The molecule has 30 heavy (non-hydrogen) atoms. The van der Waals surface area contributed by atoms with Crippen molar-refractivity contribution in [1.29, 1.82) is 0 Å². The molecular formula is C26H29NO3. The van der Waals surface area contributed by atoms with Gasteiger partial charge < -0.3 is 10.1 Å². The minimum Gasteiger partial charge on any atom is -0.494 e. The Balaban J connectivity index is 1.60. The number of nitrogens with one attached hydrogen (secondary N) is 1. The van der Waals surface area contributed by atoms with E-state index in [1.807, 2.05) is 24.3 Å². The van der Waals surface area contributed by atoms with Crippen molar-refractivity contribution in [3.05, 3.63) is 76.5 Å². The molecule has 1 aliphatic heterocycles. The molecule has 2 unspecified atom stereocenters. The van der Waals surface area contributed by atoms with Gasteiger partial charge in [0.25, 0.3) is 0 Å². The zero-order valence-electron chi connectivity index (χ0n) is 17.7. The van der Waals surface area contributed by atoms with E-state index in [0.29, 0.717) is 25.9 Å². The topological polar surface area (TPSA) is 55.4 Å². The number of carbonyl (C=O) groups is 2. The lowest BCUT2D eigenvalue weighted by molar-refractivity contribution is -0.122. The fraction of sp³-hybridized carbons (Fsp3) is 0.385. The summed E-state index contributed by atoms with van der Waals surface area (Å²) >= 11 is 0. The first-order chi connectivity index (χ1) is 14.6. The van der Waals surface area contributed by atoms with Crippen LogP contribution in [0.15, 0.2) is 59.8 Å². The molecule has 1 amide bonds. The van der Waals surface area contributed by atoms with Crippen LogP contribution in [-0.4, -0.2) is 18.3 Å². The van der Waals surface area contributed by atoms with E-state index in [0.717, 1.165) is 35.4 Å². The average molecular weight is 404 g/mol. The van der Waals surface area contributed by atoms with Crippen molar-refractivity contribution < 1.29 is 14.3 Å². The van der Waals surface area contributed by atoms with Gasteiger partial charge in [-0.1, -0.05) is 50.2 Å². The van der Waals surface area contributed by atoms with Crippen molar-refractivity contribution in [3.8, 4) is 5.75 Å². The van der Waals surface area contributed by atoms with Gasteiger partial charge in [0.2, 0.25) is 5.91 Å². The van der Waals surface area contributed by atoms with Crippen LogP contribution in [0.3, 0.4) is 0 Å². The number of ether oxygens (including phenoxy) is 1. The van der Waals surface area contributed by atoms with Crippen LogP contribution in [0.2, 0.25) is 0 Å². The van der Waals surface area contributed by atoms with E-state index in [1.165, 1.54) is 11.1 Å². The summed E-state index contributed by atoms with van der Waals surface area (Å²) < 4.78 is 5.67. The first-order valence-corrected chi connectivity index (χ1v) is 11.0. The Bertz CT molecular complexity index is 957. The summed E-state index contributed by atoms with van der Waals surface area (Å²) in [6.07, 6.45) is 3.47. The van der Waals surface area contributed by atoms with E-state index >= 15 is 0 Å². The predicted octanol–water partition coefficient (Wildman–Crippen LogP) is 5.04. The monoisotopic (exact) mass is 403 g/mol. The van der Waals surface area contributed by atoms with Crippen LogP contribution >= 0.6 is 0 Å². The first-order valence-electron chi connectivity index (χ1n) is 11.0. The standard InChI is InChI=1S/C26H29NO3/c1-3-13-30-21-11-9-19(10-12-21)22-16-25(29)27-23-14-20(15-24(28)26(22)23)18-7-5-17(4-2)6-8-18/h5-12,20,22H,3-4,13-16H2,1-2H3,(H,27,29). The average Bonchev–Trinajstić information content (AvgIpc) is 2.77. The van der Waals surface area contributed by atoms with Gasteiger partial charge in [-0.2, -0.15) is 0 Å². The molecule has 0 bridgehead atoms. The van der Waals surface area contributed by atoms with E-state index in [1.54, 1.807) is 0 Å². The second-order valence-corrected chi connectivity index (χ2v) is 8.24. The molecule has 0 saturated carbocycles. The highest BCUT2D eigenvalue weighted by Crippen LogP contribution is 2.42. The Morgan fingerprint density at radius 1 is 0.900 bits per heavy atom. The maximum atomic E-state index is 13.2. The molecule has 4 rings (SSSR count). The van der Waals surface area contributed by atoms with E-state index in [4.69, 9.17) is 4.74 Å². The van der Waals surface area contributed by atoms with Gasteiger partial charge in [-0.25, -0.2) is 0 Å². The number of hydrogen-bond donors (Lipinski definition) is 1. The van der Waals surface area contributed by atoms with E-state index < -0.39 is 0 Å². The Kier molecular flexibility index (Phi) is 6.03. The van der Waals surface area contributed by atoms with Crippen molar-refractivity contribution in [3.63, 3.8) is 0 Å². The predicted molar refractivity (Wildman–Crippen MR) is 118 cm³/mol. The molecule has 1 N–H and O–H groups in total. The van der Waals surface area contributed by atoms with Gasteiger partial charge in [0.1, 0.15) is 5.75 Å². The molecule has 0 radical (unpaired) electrons. The molecule has 2 aromatic rings. The number of benzene rings is 2. The quantitative estimate of drug-likeness (QED) is 0.735. The van der Waals surface area contributed by atoms with Crippen molar-refractivity contribution in [1.82, 2.24) is 5.32 Å². The summed E-state index contributed by atoms with van der Waals surface area (Å²) in [7, 11) is 0. The van der Waals surface area contributed by atoms with Crippen molar-refractivity contribution in [2.45, 2.75) is 57.8 Å². The van der Waals surface area contributed by atoms with Crippen LogP contribution in [0.25, 0.3) is 0 Å². The van der Waals surface area contributed by atoms with Crippen LogP contribution in [0, 0.1) is 0 Å². The third-order valence-corrected chi connectivity index (χ3v) is 6.15. The molecule has 156 valence electrons. The summed E-state index contributed by atoms with van der Waals surface area (Å²) in [4.78, 5) is 25.7. The van der Waals surface area contributed by atoms with Crippen LogP contribution in [-0.2, 0) is 16.0 Å². The Morgan fingerprint density at radius 2 is 1.60 bits per heavy atom. The molecular weight excluding hydrogens is 374 g/mol. The SMILES string of the molecule is CCCOc1ccc(C2CC(=O)NC3=C2C(=O)CC(c2ccc(CC)cc2)C3)cc1. The molecule has 1 aliphatic carbocycles. The van der Waals surface area contributed by atoms with Crippen molar-refractivity contribution >= 4 is 11.7 Å². The lowest BCUT2D eigenvalue weighted by atomic mass is 9.73. The van der Waals surface area contributed by atoms with Gasteiger partial charge in [-0.3, -0.25) is 9.59 Å². The lowest BCUT2D eigenvalue weighted by Crippen LogP contribution is -2.38. The van der Waals surface area contributed by atoms with Crippen LogP contribution in [0.4, 0.5) is 0 Å². The second-order valence-electron chi connectivity index (χ2n) is 8.24. The zero-order chi connectivity index (χ0) is 21.1. The molecule has 1 heterocycles. The largest absolute Gasteiger partial charge is 0.494 e. The van der Waals surface area contributed by atoms with E-state index in [9.17, 15) is 9.59 Å². The number of rotatable bonds is 6.